The van der Waals surface area contributed by atoms with Crippen molar-refractivity contribution in [2.45, 2.75) is 25.3 Å². The van der Waals surface area contributed by atoms with Crippen LogP contribution in [-0.2, 0) is 4.79 Å². The van der Waals surface area contributed by atoms with Crippen LogP contribution in [0.25, 0.3) is 5.69 Å². The summed E-state index contributed by atoms with van der Waals surface area (Å²) in [7, 11) is 0. The third kappa shape index (κ3) is 2.80. The van der Waals surface area contributed by atoms with Gasteiger partial charge < -0.3 is 10.4 Å². The molecular formula is C14H15N5O3. The summed E-state index contributed by atoms with van der Waals surface area (Å²) in [5.41, 5.74) is 1.03. The number of nitrogens with one attached hydrogen (secondary N) is 1. The maximum atomic E-state index is 12.5. The average Bonchev–Trinajstić information content (AvgIpc) is 3.18. The fraction of sp³-hybridized carbons (Fsp3) is 0.357. The summed E-state index contributed by atoms with van der Waals surface area (Å²) < 4.78 is 1.42. The lowest BCUT2D eigenvalue weighted by Crippen LogP contribution is -2.34. The molecule has 2 atom stereocenters. The van der Waals surface area contributed by atoms with E-state index in [1.807, 2.05) is 0 Å². The van der Waals surface area contributed by atoms with Crippen molar-refractivity contribution in [3.8, 4) is 5.69 Å². The van der Waals surface area contributed by atoms with E-state index in [2.05, 4.69) is 20.8 Å². The molecule has 1 aromatic carbocycles. The lowest BCUT2D eigenvalue weighted by molar-refractivity contribution is -0.141. The fourth-order valence-corrected chi connectivity index (χ4v) is 2.74. The van der Waals surface area contributed by atoms with Gasteiger partial charge in [0.2, 0.25) is 0 Å². The van der Waals surface area contributed by atoms with Crippen LogP contribution in [0.3, 0.4) is 0 Å². The monoisotopic (exact) mass is 301 g/mol. The second-order valence-electron chi connectivity index (χ2n) is 5.29. The van der Waals surface area contributed by atoms with Gasteiger partial charge >= 0.3 is 5.97 Å². The van der Waals surface area contributed by atoms with Gasteiger partial charge in [-0.15, -0.1) is 5.10 Å². The zero-order valence-electron chi connectivity index (χ0n) is 11.7. The molecule has 0 unspecified atom stereocenters. The number of aromatic nitrogens is 4. The largest absolute Gasteiger partial charge is 0.481 e. The highest BCUT2D eigenvalue weighted by Gasteiger charge is 2.31. The Morgan fingerprint density at radius 1 is 1.27 bits per heavy atom. The summed E-state index contributed by atoms with van der Waals surface area (Å²) in [5, 5.41) is 22.8. The predicted octanol–water partition coefficient (Wildman–Crippen LogP) is 0.645. The first-order chi connectivity index (χ1) is 10.6. The minimum absolute atomic E-state index is 0.115. The first-order valence-corrected chi connectivity index (χ1v) is 7.01. The highest BCUT2D eigenvalue weighted by Crippen LogP contribution is 2.26. The van der Waals surface area contributed by atoms with E-state index in [0.717, 1.165) is 0 Å². The van der Waals surface area contributed by atoms with Gasteiger partial charge in [0.05, 0.1) is 17.2 Å². The Kier molecular flexibility index (Phi) is 3.82. The molecule has 0 saturated heterocycles. The molecule has 22 heavy (non-hydrogen) atoms. The molecule has 0 aliphatic heterocycles. The molecule has 114 valence electrons. The van der Waals surface area contributed by atoms with Gasteiger partial charge in [-0.2, -0.15) is 4.68 Å². The van der Waals surface area contributed by atoms with Gasteiger partial charge in [-0.1, -0.05) is 12.1 Å². The second kappa shape index (κ2) is 5.92. The number of hydrogen-bond donors (Lipinski definition) is 2. The van der Waals surface area contributed by atoms with Gasteiger partial charge in [0.1, 0.15) is 6.33 Å². The van der Waals surface area contributed by atoms with E-state index in [4.69, 9.17) is 5.11 Å². The van der Waals surface area contributed by atoms with Crippen LogP contribution in [0.5, 0.6) is 0 Å². The molecule has 0 bridgehead atoms. The first kappa shape index (κ1) is 14.2. The van der Waals surface area contributed by atoms with E-state index in [-0.39, 0.29) is 17.9 Å². The number of aliphatic carboxylic acids is 1. The quantitative estimate of drug-likeness (QED) is 0.857. The molecule has 1 heterocycles. The number of carbonyl (C=O) groups is 2. The topological polar surface area (TPSA) is 110 Å². The van der Waals surface area contributed by atoms with Crippen molar-refractivity contribution < 1.29 is 14.7 Å². The molecule has 1 amide bonds. The minimum Gasteiger partial charge on any atom is -0.481 e. The third-order valence-electron chi connectivity index (χ3n) is 3.86. The van der Waals surface area contributed by atoms with E-state index in [1.165, 1.54) is 11.0 Å². The molecular weight excluding hydrogens is 286 g/mol. The van der Waals surface area contributed by atoms with Crippen LogP contribution in [0.1, 0.15) is 29.6 Å². The number of carboxylic acids is 1. The predicted molar refractivity (Wildman–Crippen MR) is 75.4 cm³/mol. The van der Waals surface area contributed by atoms with Gasteiger partial charge in [0.25, 0.3) is 5.91 Å². The summed E-state index contributed by atoms with van der Waals surface area (Å²) >= 11 is 0. The fourth-order valence-electron chi connectivity index (χ4n) is 2.74. The zero-order valence-corrected chi connectivity index (χ0v) is 11.7. The van der Waals surface area contributed by atoms with Crippen LogP contribution < -0.4 is 5.32 Å². The molecule has 1 aliphatic rings. The number of para-hydroxylation sites is 1. The number of carbonyl (C=O) groups excluding carboxylic acids is 1. The summed E-state index contributed by atoms with van der Waals surface area (Å²) in [6, 6.07) is 6.88. The standard InChI is InChI=1S/C14H15N5O3/c20-13(16-10-6-5-9(7-10)14(21)22)11-3-1-2-4-12(11)19-8-15-17-18-19/h1-4,8-10H,5-7H2,(H,16,20)(H,21,22)/t9-,10+/m0/s1. The van der Waals surface area contributed by atoms with Crippen molar-refractivity contribution in [1.82, 2.24) is 25.5 Å². The summed E-state index contributed by atoms with van der Waals surface area (Å²) in [6.45, 7) is 0. The Morgan fingerprint density at radius 3 is 2.77 bits per heavy atom. The van der Waals surface area contributed by atoms with Crippen molar-refractivity contribution in [2.24, 2.45) is 5.92 Å². The highest BCUT2D eigenvalue weighted by atomic mass is 16.4. The van der Waals surface area contributed by atoms with Gasteiger partial charge in [-0.25, -0.2) is 0 Å². The average molecular weight is 301 g/mol. The number of rotatable bonds is 4. The van der Waals surface area contributed by atoms with Crippen molar-refractivity contribution in [2.75, 3.05) is 0 Å². The number of carboxylic acid groups (broad SMARTS) is 1. The second-order valence-corrected chi connectivity index (χ2v) is 5.29. The number of nitrogens with zero attached hydrogens (tertiary/aromatic N) is 4. The maximum absolute atomic E-state index is 12.5. The molecule has 3 rings (SSSR count). The van der Waals surface area contributed by atoms with Crippen LogP contribution in [-0.4, -0.2) is 43.2 Å². The Hall–Kier alpha value is -2.77. The summed E-state index contributed by atoms with van der Waals surface area (Å²) in [4.78, 5) is 23.4. The maximum Gasteiger partial charge on any atom is 0.306 e. The molecule has 1 fully saturated rings. The lowest BCUT2D eigenvalue weighted by Gasteiger charge is -2.14. The molecule has 8 nitrogen and oxygen atoms in total. The minimum atomic E-state index is -0.800. The van der Waals surface area contributed by atoms with E-state index >= 15 is 0 Å². The van der Waals surface area contributed by atoms with E-state index in [9.17, 15) is 9.59 Å². The number of benzene rings is 1. The smallest absolute Gasteiger partial charge is 0.306 e. The van der Waals surface area contributed by atoms with Crippen molar-refractivity contribution in [1.29, 1.82) is 0 Å². The molecule has 0 spiro atoms. The zero-order chi connectivity index (χ0) is 15.5. The molecule has 0 radical (unpaired) electrons. The summed E-state index contributed by atoms with van der Waals surface area (Å²) in [6.07, 6.45) is 3.15. The van der Waals surface area contributed by atoms with E-state index in [1.54, 1.807) is 24.3 Å². The Bertz CT molecular complexity index is 686. The van der Waals surface area contributed by atoms with E-state index in [0.29, 0.717) is 30.5 Å². The third-order valence-corrected chi connectivity index (χ3v) is 3.86. The normalized spacial score (nSPS) is 20.7. The van der Waals surface area contributed by atoms with Crippen molar-refractivity contribution >= 4 is 11.9 Å². The van der Waals surface area contributed by atoms with Crippen LogP contribution >= 0.6 is 0 Å². The SMILES string of the molecule is O=C(N[C@@H]1CC[C@H](C(=O)O)C1)c1ccccc1-n1cnnn1. The molecule has 2 aromatic rings. The van der Waals surface area contributed by atoms with Gasteiger partial charge in [0.15, 0.2) is 0 Å². The van der Waals surface area contributed by atoms with Crippen LogP contribution in [0.4, 0.5) is 0 Å². The number of hydrogen-bond acceptors (Lipinski definition) is 5. The summed E-state index contributed by atoms with van der Waals surface area (Å²) in [5.74, 6) is -1.42. The Morgan fingerprint density at radius 2 is 2.09 bits per heavy atom. The van der Waals surface area contributed by atoms with E-state index < -0.39 is 5.97 Å². The van der Waals surface area contributed by atoms with Crippen molar-refractivity contribution in [3.05, 3.63) is 36.2 Å². The first-order valence-electron chi connectivity index (χ1n) is 7.01. The van der Waals surface area contributed by atoms with Crippen molar-refractivity contribution in [3.63, 3.8) is 0 Å². The molecule has 1 saturated carbocycles. The van der Waals surface area contributed by atoms with Gasteiger partial charge in [-0.3, -0.25) is 9.59 Å². The molecule has 1 aromatic heterocycles. The van der Waals surface area contributed by atoms with Gasteiger partial charge in [-0.05, 0) is 41.8 Å². The number of amides is 1. The molecule has 1 aliphatic carbocycles. The lowest BCUT2D eigenvalue weighted by atomic mass is 10.1. The van der Waals surface area contributed by atoms with Gasteiger partial charge in [0, 0.05) is 6.04 Å². The van der Waals surface area contributed by atoms with Crippen LogP contribution in [0.2, 0.25) is 0 Å². The van der Waals surface area contributed by atoms with Crippen LogP contribution in [0.15, 0.2) is 30.6 Å². The number of tetrazole rings is 1. The highest BCUT2D eigenvalue weighted by molar-refractivity contribution is 5.97. The molecule has 2 N–H and O–H groups in total. The Labute approximate surface area is 126 Å². The molecule has 8 heteroatoms. The van der Waals surface area contributed by atoms with Crippen LogP contribution in [0, 0.1) is 5.92 Å². The Balaban J connectivity index is 1.75.